The molecule has 108 valence electrons. The van der Waals surface area contributed by atoms with Crippen molar-refractivity contribution < 1.29 is 9.18 Å². The predicted molar refractivity (Wildman–Crippen MR) is 78.4 cm³/mol. The summed E-state index contributed by atoms with van der Waals surface area (Å²) in [6, 6.07) is 6.10. The van der Waals surface area contributed by atoms with Crippen LogP contribution < -0.4 is 5.73 Å². The van der Waals surface area contributed by atoms with Crippen LogP contribution in [0.3, 0.4) is 0 Å². The highest BCUT2D eigenvalue weighted by atomic mass is 19.1. The standard InChI is InChI=1S/C16H21FN2O/c17-15-4-1-13(2-5-15)3-6-16(20)19-11-8-14(7-10-18)9-12-19/h1-6,14H,7-12,18H2. The monoisotopic (exact) mass is 276 g/mol. The summed E-state index contributed by atoms with van der Waals surface area (Å²) >= 11 is 0. The minimum absolute atomic E-state index is 0.0283. The molecule has 20 heavy (non-hydrogen) atoms. The number of halogens is 1. The van der Waals surface area contributed by atoms with Crippen molar-refractivity contribution in [2.24, 2.45) is 11.7 Å². The van der Waals surface area contributed by atoms with Crippen LogP contribution in [-0.2, 0) is 4.79 Å². The number of nitrogens with two attached hydrogens (primary N) is 1. The third-order valence-corrected chi connectivity index (χ3v) is 3.79. The van der Waals surface area contributed by atoms with Crippen LogP contribution in [0.25, 0.3) is 6.08 Å². The van der Waals surface area contributed by atoms with Crippen molar-refractivity contribution in [3.05, 3.63) is 41.7 Å². The first kappa shape index (κ1) is 14.7. The number of nitrogens with zero attached hydrogens (tertiary/aromatic N) is 1. The zero-order chi connectivity index (χ0) is 14.4. The number of amides is 1. The van der Waals surface area contributed by atoms with E-state index in [1.807, 2.05) is 4.90 Å². The molecule has 1 aliphatic rings. The third kappa shape index (κ3) is 4.17. The average molecular weight is 276 g/mol. The Hall–Kier alpha value is -1.68. The first-order valence-corrected chi connectivity index (χ1v) is 7.11. The largest absolute Gasteiger partial charge is 0.339 e. The molecule has 2 N–H and O–H groups in total. The van der Waals surface area contributed by atoms with Crippen molar-refractivity contribution in [2.75, 3.05) is 19.6 Å². The van der Waals surface area contributed by atoms with E-state index < -0.39 is 0 Å². The van der Waals surface area contributed by atoms with Crippen LogP contribution in [0, 0.1) is 11.7 Å². The molecular formula is C16H21FN2O. The summed E-state index contributed by atoms with van der Waals surface area (Å²) < 4.78 is 12.8. The number of carbonyl (C=O) groups is 1. The van der Waals surface area contributed by atoms with Crippen LogP contribution in [0.5, 0.6) is 0 Å². The second kappa shape index (κ2) is 7.20. The molecular weight excluding hydrogens is 255 g/mol. The Balaban J connectivity index is 1.85. The molecule has 1 aromatic carbocycles. The highest BCUT2D eigenvalue weighted by Gasteiger charge is 2.20. The van der Waals surface area contributed by atoms with Crippen LogP contribution >= 0.6 is 0 Å². The normalized spacial score (nSPS) is 16.8. The average Bonchev–Trinajstić information content (AvgIpc) is 2.47. The number of hydrogen-bond acceptors (Lipinski definition) is 2. The molecule has 0 saturated carbocycles. The van der Waals surface area contributed by atoms with E-state index in [1.54, 1.807) is 24.3 Å². The fourth-order valence-electron chi connectivity index (χ4n) is 2.52. The van der Waals surface area contributed by atoms with Crippen LogP contribution in [0.1, 0.15) is 24.8 Å². The quantitative estimate of drug-likeness (QED) is 0.859. The van der Waals surface area contributed by atoms with Gasteiger partial charge in [0.05, 0.1) is 0 Å². The van der Waals surface area contributed by atoms with Gasteiger partial charge >= 0.3 is 0 Å². The lowest BCUT2D eigenvalue weighted by molar-refractivity contribution is -0.127. The van der Waals surface area contributed by atoms with Gasteiger partial charge in [0.2, 0.25) is 5.91 Å². The van der Waals surface area contributed by atoms with Gasteiger partial charge in [-0.25, -0.2) is 4.39 Å². The number of benzene rings is 1. The summed E-state index contributed by atoms with van der Waals surface area (Å²) in [5, 5.41) is 0. The van der Waals surface area contributed by atoms with E-state index in [1.165, 1.54) is 12.1 Å². The molecule has 0 unspecified atom stereocenters. The van der Waals surface area contributed by atoms with Gasteiger partial charge in [-0.3, -0.25) is 4.79 Å². The number of carbonyl (C=O) groups excluding carboxylic acids is 1. The van der Waals surface area contributed by atoms with E-state index in [2.05, 4.69) is 0 Å². The maximum atomic E-state index is 12.8. The lowest BCUT2D eigenvalue weighted by atomic mass is 9.93. The van der Waals surface area contributed by atoms with E-state index in [4.69, 9.17) is 5.73 Å². The minimum Gasteiger partial charge on any atom is -0.339 e. The Morgan fingerprint density at radius 1 is 1.30 bits per heavy atom. The Labute approximate surface area is 119 Å². The highest BCUT2D eigenvalue weighted by molar-refractivity contribution is 5.91. The van der Waals surface area contributed by atoms with Crippen LogP contribution in [0.4, 0.5) is 4.39 Å². The lowest BCUT2D eigenvalue weighted by Gasteiger charge is -2.31. The van der Waals surface area contributed by atoms with Gasteiger partial charge in [-0.05, 0) is 55.5 Å². The fourth-order valence-corrected chi connectivity index (χ4v) is 2.52. The van der Waals surface area contributed by atoms with Gasteiger partial charge in [0.1, 0.15) is 5.82 Å². The van der Waals surface area contributed by atoms with Crippen molar-refractivity contribution >= 4 is 12.0 Å². The van der Waals surface area contributed by atoms with Gasteiger partial charge in [-0.1, -0.05) is 12.1 Å². The van der Waals surface area contributed by atoms with Crippen LogP contribution in [0.15, 0.2) is 30.3 Å². The molecule has 0 spiro atoms. The molecule has 0 bridgehead atoms. The minimum atomic E-state index is -0.268. The summed E-state index contributed by atoms with van der Waals surface area (Å²) in [7, 11) is 0. The molecule has 0 aromatic heterocycles. The van der Waals surface area contributed by atoms with Gasteiger partial charge in [-0.2, -0.15) is 0 Å². The zero-order valence-corrected chi connectivity index (χ0v) is 11.6. The molecule has 4 heteroatoms. The van der Waals surface area contributed by atoms with Gasteiger partial charge in [0, 0.05) is 19.2 Å². The summed E-state index contributed by atoms with van der Waals surface area (Å²) in [5.41, 5.74) is 6.39. The molecule has 3 nitrogen and oxygen atoms in total. The van der Waals surface area contributed by atoms with E-state index in [0.29, 0.717) is 5.92 Å². The molecule has 0 radical (unpaired) electrons. The molecule has 0 aliphatic carbocycles. The first-order chi connectivity index (χ1) is 9.69. The number of likely N-dealkylation sites (tertiary alicyclic amines) is 1. The molecule has 1 aliphatic heterocycles. The van der Waals surface area contributed by atoms with E-state index in [-0.39, 0.29) is 11.7 Å². The topological polar surface area (TPSA) is 46.3 Å². The zero-order valence-electron chi connectivity index (χ0n) is 11.6. The third-order valence-electron chi connectivity index (χ3n) is 3.79. The Bertz CT molecular complexity index is 462. The highest BCUT2D eigenvalue weighted by Crippen LogP contribution is 2.20. The Morgan fingerprint density at radius 2 is 1.95 bits per heavy atom. The van der Waals surface area contributed by atoms with Gasteiger partial charge < -0.3 is 10.6 Å². The number of rotatable bonds is 4. The molecule has 0 atom stereocenters. The van der Waals surface area contributed by atoms with Crippen LogP contribution in [0.2, 0.25) is 0 Å². The maximum Gasteiger partial charge on any atom is 0.246 e. The molecule has 2 rings (SSSR count). The number of piperidine rings is 1. The van der Waals surface area contributed by atoms with Crippen molar-refractivity contribution in [1.82, 2.24) is 4.90 Å². The number of hydrogen-bond donors (Lipinski definition) is 1. The summed E-state index contributed by atoms with van der Waals surface area (Å²) in [5.74, 6) is 0.418. The summed E-state index contributed by atoms with van der Waals surface area (Å²) in [4.78, 5) is 13.9. The second-order valence-corrected chi connectivity index (χ2v) is 5.23. The van der Waals surface area contributed by atoms with Crippen molar-refractivity contribution in [1.29, 1.82) is 0 Å². The first-order valence-electron chi connectivity index (χ1n) is 7.11. The smallest absolute Gasteiger partial charge is 0.246 e. The van der Waals surface area contributed by atoms with Gasteiger partial charge in [-0.15, -0.1) is 0 Å². The van der Waals surface area contributed by atoms with E-state index in [9.17, 15) is 9.18 Å². The molecule has 1 amide bonds. The molecule has 1 saturated heterocycles. The second-order valence-electron chi connectivity index (χ2n) is 5.23. The van der Waals surface area contributed by atoms with Crippen molar-refractivity contribution in [3.8, 4) is 0 Å². The molecule has 1 heterocycles. The van der Waals surface area contributed by atoms with E-state index in [0.717, 1.165) is 44.5 Å². The Kier molecular flexibility index (Phi) is 5.30. The predicted octanol–water partition coefficient (Wildman–Crippen LogP) is 2.43. The summed E-state index contributed by atoms with van der Waals surface area (Å²) in [6.07, 6.45) is 6.42. The van der Waals surface area contributed by atoms with E-state index >= 15 is 0 Å². The maximum absolute atomic E-state index is 12.8. The van der Waals surface area contributed by atoms with Gasteiger partial charge in [0.25, 0.3) is 0 Å². The SMILES string of the molecule is NCCC1CCN(C(=O)C=Cc2ccc(F)cc2)CC1. The van der Waals surface area contributed by atoms with Crippen molar-refractivity contribution in [3.63, 3.8) is 0 Å². The van der Waals surface area contributed by atoms with Crippen LogP contribution in [-0.4, -0.2) is 30.4 Å². The molecule has 1 fully saturated rings. The molecule has 1 aromatic rings. The van der Waals surface area contributed by atoms with Gasteiger partial charge in [0.15, 0.2) is 0 Å². The Morgan fingerprint density at radius 3 is 2.55 bits per heavy atom. The lowest BCUT2D eigenvalue weighted by Crippen LogP contribution is -2.37. The van der Waals surface area contributed by atoms with Crippen molar-refractivity contribution in [2.45, 2.75) is 19.3 Å². The summed E-state index contributed by atoms with van der Waals surface area (Å²) in [6.45, 7) is 2.33. The fraction of sp³-hybridized carbons (Fsp3) is 0.438.